The van der Waals surface area contributed by atoms with E-state index in [1.807, 2.05) is 34.9 Å². The molecule has 0 aliphatic carbocycles. The highest BCUT2D eigenvalue weighted by atomic mass is 16.7. The van der Waals surface area contributed by atoms with Gasteiger partial charge in [-0.2, -0.15) is 0 Å². The number of benzene rings is 3. The molecule has 4 aromatic rings. The summed E-state index contributed by atoms with van der Waals surface area (Å²) in [5.41, 5.74) is -1.10. The summed E-state index contributed by atoms with van der Waals surface area (Å²) in [6.45, 7) is 12.9. The second-order valence-corrected chi connectivity index (χ2v) is 18.1. The number of piperidine rings is 1. The summed E-state index contributed by atoms with van der Waals surface area (Å²) < 4.78 is 30.6. The van der Waals surface area contributed by atoms with Crippen LogP contribution in [0.3, 0.4) is 0 Å². The Morgan fingerprint density at radius 3 is 2.37 bits per heavy atom. The number of aromatic nitrogens is 1. The fourth-order valence-corrected chi connectivity index (χ4v) is 9.27. The molecule has 7 atom stereocenters. The van der Waals surface area contributed by atoms with E-state index in [-0.39, 0.29) is 72.6 Å². The third kappa shape index (κ3) is 8.91. The lowest BCUT2D eigenvalue weighted by Crippen LogP contribution is -2.42. The van der Waals surface area contributed by atoms with Crippen molar-refractivity contribution in [1.82, 2.24) is 9.88 Å². The fraction of sp³-hybridized carbons (Fsp3) is 0.490. The number of esters is 1. The Morgan fingerprint density at radius 1 is 1.00 bits per heavy atom. The zero-order chi connectivity index (χ0) is 47.2. The SMILES string of the molecule is CO[C@H]1/C=C/O[C@@]2(C)Oc3c(C)c(O)c4c(=O)c(c5oc6cc(N7CCC(N(C)C)CC7)cc(=O)c6nc5c4c3=C2O)NC(=O)/C(C)=C\C=C\[C@H](C)[C@H](O)CC[C@@H](C)[C@H](OC(C)=O)[C@@H]1C. The van der Waals surface area contributed by atoms with Gasteiger partial charge in [0.2, 0.25) is 10.9 Å². The van der Waals surface area contributed by atoms with Gasteiger partial charge in [0.05, 0.1) is 29.1 Å². The number of carbonyl (C=O) groups excluding carboxylic acids is 2. The number of nitrogens with zero attached hydrogens (tertiary/aromatic N) is 3. The van der Waals surface area contributed by atoms with E-state index < -0.39 is 64.3 Å². The first-order chi connectivity index (χ1) is 30.8. The topological polar surface area (TPSA) is 210 Å². The van der Waals surface area contributed by atoms with Gasteiger partial charge in [-0.3, -0.25) is 19.2 Å². The van der Waals surface area contributed by atoms with E-state index >= 15 is 0 Å². The van der Waals surface area contributed by atoms with Crippen LogP contribution < -0.4 is 31.0 Å². The lowest BCUT2D eigenvalue weighted by molar-refractivity contribution is -0.155. The Labute approximate surface area is 376 Å². The van der Waals surface area contributed by atoms with E-state index in [4.69, 9.17) is 28.3 Å². The predicted molar refractivity (Wildman–Crippen MR) is 248 cm³/mol. The van der Waals surface area contributed by atoms with Crippen molar-refractivity contribution in [1.29, 1.82) is 0 Å². The molecule has 4 heterocycles. The highest BCUT2D eigenvalue weighted by Crippen LogP contribution is 2.42. The lowest BCUT2D eigenvalue weighted by Gasteiger charge is -2.36. The molecule has 1 fully saturated rings. The predicted octanol–water partition coefficient (Wildman–Crippen LogP) is 5.87. The van der Waals surface area contributed by atoms with Crippen LogP contribution >= 0.6 is 0 Å². The number of hydrogen-bond acceptors (Lipinski definition) is 15. The number of nitrogens with one attached hydrogen (secondary N) is 1. The van der Waals surface area contributed by atoms with E-state index in [1.165, 1.54) is 40.2 Å². The minimum Gasteiger partial charge on any atom is -0.507 e. The van der Waals surface area contributed by atoms with Crippen LogP contribution in [0.2, 0.25) is 0 Å². The van der Waals surface area contributed by atoms with E-state index in [2.05, 4.69) is 15.1 Å². The highest BCUT2D eigenvalue weighted by Gasteiger charge is 2.44. The summed E-state index contributed by atoms with van der Waals surface area (Å²) in [6, 6.07) is 3.57. The normalized spacial score (nSPS) is 28.0. The van der Waals surface area contributed by atoms with Crippen molar-refractivity contribution >= 4 is 62.0 Å². The molecule has 16 heteroatoms. The van der Waals surface area contributed by atoms with Gasteiger partial charge in [0.25, 0.3) is 5.91 Å². The molecule has 0 saturated carbocycles. The van der Waals surface area contributed by atoms with E-state index in [1.54, 1.807) is 37.3 Å². The van der Waals surface area contributed by atoms with Crippen molar-refractivity contribution in [2.75, 3.05) is 44.5 Å². The van der Waals surface area contributed by atoms with Gasteiger partial charge in [-0.25, -0.2) is 4.98 Å². The number of phenolic OH excluding ortho intramolecular Hbond substituents is 1. The summed E-state index contributed by atoms with van der Waals surface area (Å²) >= 11 is 0. The van der Waals surface area contributed by atoms with Gasteiger partial charge < -0.3 is 53.8 Å². The molecule has 0 radical (unpaired) electrons. The van der Waals surface area contributed by atoms with Crippen LogP contribution in [-0.2, 0) is 23.8 Å². The molecule has 7 rings (SSSR count). The lowest BCUT2D eigenvalue weighted by atomic mass is 9.85. The van der Waals surface area contributed by atoms with Crippen molar-refractivity contribution < 1.29 is 48.3 Å². The van der Waals surface area contributed by atoms with Crippen molar-refractivity contribution in [3.63, 3.8) is 0 Å². The fourth-order valence-electron chi connectivity index (χ4n) is 9.27. The van der Waals surface area contributed by atoms with Crippen LogP contribution in [0, 0.1) is 24.7 Å². The number of phenols is 1. The van der Waals surface area contributed by atoms with Crippen LogP contribution in [0.25, 0.3) is 38.7 Å². The minimum atomic E-state index is -1.93. The molecule has 65 heavy (non-hydrogen) atoms. The first kappa shape index (κ1) is 47.0. The van der Waals surface area contributed by atoms with Gasteiger partial charge in [0.15, 0.2) is 22.4 Å². The minimum absolute atomic E-state index is 0.0190. The maximum absolute atomic E-state index is 14.8. The number of carbonyl (C=O) groups is 2. The number of aromatic hydroxyl groups is 1. The number of rotatable bonds is 4. The molecule has 1 saturated heterocycles. The molecule has 3 aromatic carbocycles. The molecule has 348 valence electrons. The van der Waals surface area contributed by atoms with Gasteiger partial charge in [-0.1, -0.05) is 39.0 Å². The Hall–Kier alpha value is -5.97. The molecule has 1 amide bonds. The first-order valence-electron chi connectivity index (χ1n) is 22.1. The molecule has 3 aliphatic rings. The standard InChI is InChI=1S/C49H60N4O12/c1-24-12-11-13-26(3)48(60)51-41-43(58)37-36(40-46(41)64-35-23-31(22-33(56)39(35)50-40)53-19-16-30(17-20-53)52(8)9)38-45(28(5)42(37)57)65-49(7,47(38)59)62-21-18-34(61-10)27(4)44(63-29(6)54)25(2)14-15-32(24)55/h11-13,18,21-25,27,30,32,34,44,55,57,59H,14-17,19-20H2,1-10H3,(H,51,60)/b12-11+,21-18+,26-13-/t24-,25+,27+,32+,34-,44-,49-/m0/s1. The van der Waals surface area contributed by atoms with Gasteiger partial charge in [0.1, 0.15) is 28.8 Å². The highest BCUT2D eigenvalue weighted by molar-refractivity contribution is 6.16. The molecular weight excluding hydrogens is 837 g/mol. The molecule has 4 N–H and O–H groups in total. The van der Waals surface area contributed by atoms with Crippen molar-refractivity contribution in [2.45, 2.75) is 104 Å². The van der Waals surface area contributed by atoms with E-state index in [9.17, 15) is 34.5 Å². The molecule has 16 nitrogen and oxygen atoms in total. The number of amides is 1. The maximum atomic E-state index is 14.8. The number of methoxy groups -OCH3 is 1. The van der Waals surface area contributed by atoms with Crippen LogP contribution in [0.4, 0.5) is 11.4 Å². The monoisotopic (exact) mass is 896 g/mol. The molecule has 1 aromatic heterocycles. The number of allylic oxidation sites excluding steroid dienone is 2. The van der Waals surface area contributed by atoms with Gasteiger partial charge >= 0.3 is 11.8 Å². The van der Waals surface area contributed by atoms with Crippen LogP contribution in [0.1, 0.15) is 72.8 Å². The second-order valence-electron chi connectivity index (χ2n) is 18.1. The number of hydrogen-bond donors (Lipinski definition) is 4. The largest absolute Gasteiger partial charge is 0.507 e. The number of fused-ring (bicyclic) bond motifs is 2. The molecule has 3 aliphatic heterocycles. The van der Waals surface area contributed by atoms with E-state index in [0.717, 1.165) is 12.8 Å². The number of ether oxygens (including phenoxy) is 4. The van der Waals surface area contributed by atoms with Crippen molar-refractivity contribution in [3.8, 4) is 11.5 Å². The molecular formula is C49H60N4O12. The summed E-state index contributed by atoms with van der Waals surface area (Å²) in [7, 11) is 5.59. The third-order valence-corrected chi connectivity index (χ3v) is 13.4. The van der Waals surface area contributed by atoms with E-state index in [0.29, 0.717) is 37.7 Å². The summed E-state index contributed by atoms with van der Waals surface area (Å²) in [6.07, 6.45) is 8.45. The number of anilines is 2. The number of aliphatic hydroxyl groups excluding tert-OH is 2. The van der Waals surface area contributed by atoms with Gasteiger partial charge in [-0.05, 0) is 65.6 Å². The number of aliphatic hydroxyl groups is 2. The second kappa shape index (κ2) is 18.5. The van der Waals surface area contributed by atoms with Crippen LogP contribution in [0.5, 0.6) is 11.5 Å². The van der Waals surface area contributed by atoms with Crippen molar-refractivity contribution in [3.05, 3.63) is 79.5 Å². The van der Waals surface area contributed by atoms with Gasteiger partial charge in [0, 0.05) is 86.3 Å². The Morgan fingerprint density at radius 2 is 1.71 bits per heavy atom. The summed E-state index contributed by atoms with van der Waals surface area (Å²) in [5.74, 6) is -5.03. The quantitative estimate of drug-likeness (QED) is 0.107. The van der Waals surface area contributed by atoms with Crippen LogP contribution in [0.15, 0.2) is 62.3 Å². The first-order valence-corrected chi connectivity index (χ1v) is 22.1. The summed E-state index contributed by atoms with van der Waals surface area (Å²) in [5, 5.41) is 37.4. The molecule has 0 unspecified atom stereocenters. The zero-order valence-electron chi connectivity index (χ0n) is 38.7. The molecule has 4 bridgehead atoms. The average Bonchev–Trinajstić information content (AvgIpc) is 3.53. The Kier molecular flexibility index (Phi) is 13.4. The zero-order valence-corrected chi connectivity index (χ0v) is 38.7. The Balaban J connectivity index is 1.46. The molecule has 0 spiro atoms. The maximum Gasteiger partial charge on any atom is 0.307 e. The van der Waals surface area contributed by atoms with Gasteiger partial charge in [-0.15, -0.1) is 0 Å². The third-order valence-electron chi connectivity index (χ3n) is 13.4. The van der Waals surface area contributed by atoms with Crippen molar-refractivity contribution in [2.24, 2.45) is 17.8 Å². The summed E-state index contributed by atoms with van der Waals surface area (Å²) in [4.78, 5) is 64.2. The van der Waals surface area contributed by atoms with Crippen LogP contribution in [-0.4, -0.2) is 102 Å². The Bertz CT molecular complexity index is 2810. The smallest absolute Gasteiger partial charge is 0.307 e. The average molecular weight is 897 g/mol.